The Morgan fingerprint density at radius 3 is 2.10 bits per heavy atom. The summed E-state index contributed by atoms with van der Waals surface area (Å²) in [4.78, 5) is 101. The summed E-state index contributed by atoms with van der Waals surface area (Å²) in [5.74, 6) is -5.97. The Kier molecular flexibility index (Phi) is 19.0. The number of benzene rings is 4. The number of carbonyl (C=O) groups is 7. The van der Waals surface area contributed by atoms with Crippen molar-refractivity contribution in [2.24, 2.45) is 17.2 Å². The van der Waals surface area contributed by atoms with Crippen molar-refractivity contribution in [1.82, 2.24) is 36.9 Å². The lowest BCUT2D eigenvalue weighted by Gasteiger charge is -2.27. The lowest BCUT2D eigenvalue weighted by Crippen LogP contribution is -2.61. The molecular formula is C49H60N10O9S2. The molecule has 1 saturated heterocycles. The number of para-hydroxylation sites is 1. The largest absolute Gasteiger partial charge is 0.508 e. The number of carbonyl (C=O) groups excluding carboxylic acids is 7. The van der Waals surface area contributed by atoms with Gasteiger partial charge in [-0.1, -0.05) is 94.4 Å². The monoisotopic (exact) mass is 996 g/mol. The molecule has 19 nitrogen and oxygen atoms in total. The number of rotatable bonds is 16. The molecule has 5 aromatic rings. The van der Waals surface area contributed by atoms with Crippen molar-refractivity contribution in [3.8, 4) is 5.75 Å². The Labute approximate surface area is 412 Å². The highest BCUT2D eigenvalue weighted by atomic mass is 33.1. The fourth-order valence-corrected chi connectivity index (χ4v) is 10.3. The minimum absolute atomic E-state index is 0.0284. The van der Waals surface area contributed by atoms with Crippen LogP contribution in [0.1, 0.15) is 42.9 Å². The van der Waals surface area contributed by atoms with E-state index in [9.17, 15) is 43.8 Å². The molecule has 0 saturated carbocycles. The van der Waals surface area contributed by atoms with Crippen molar-refractivity contribution in [2.45, 2.75) is 93.8 Å². The Morgan fingerprint density at radius 1 is 0.757 bits per heavy atom. The second-order valence-electron chi connectivity index (χ2n) is 17.2. The molecule has 8 atom stereocenters. The van der Waals surface area contributed by atoms with E-state index in [0.717, 1.165) is 48.8 Å². The molecule has 372 valence electrons. The number of aliphatic hydroxyl groups is 1. The van der Waals surface area contributed by atoms with Gasteiger partial charge in [0.05, 0.1) is 12.1 Å². The Bertz CT molecular complexity index is 2650. The summed E-state index contributed by atoms with van der Waals surface area (Å²) in [6, 6.07) is 17.5. The fourth-order valence-electron chi connectivity index (χ4n) is 7.93. The molecule has 0 spiro atoms. The molecule has 21 heteroatoms. The van der Waals surface area contributed by atoms with E-state index >= 15 is 0 Å². The number of aliphatic hydroxyl groups excluding tert-OH is 1. The van der Waals surface area contributed by atoms with E-state index in [1.54, 1.807) is 18.3 Å². The SMILES string of the molecule is C[C@@H](O)[C@H](NC(=O)[C@@H]1CSSC[C@H](NC(=O)[C@H](N)Cc2ccc3ccccc3c2)C(=O)N[C@@H](Cc2ccc(O)cc2)C(=O)N[C@H](Cc2c[nH]c3ccccc23)C(=O)N[C@@H](CCCCN)C(=O)N1)C(N)=O. The van der Waals surface area contributed by atoms with E-state index in [1.165, 1.54) is 19.1 Å². The summed E-state index contributed by atoms with van der Waals surface area (Å²) in [5, 5.41) is 39.3. The molecule has 1 aliphatic heterocycles. The number of nitrogens with one attached hydrogen (secondary N) is 7. The highest BCUT2D eigenvalue weighted by Gasteiger charge is 2.35. The first-order valence-electron chi connectivity index (χ1n) is 22.9. The number of phenols is 1. The van der Waals surface area contributed by atoms with Gasteiger partial charge in [0.25, 0.3) is 0 Å². The van der Waals surface area contributed by atoms with E-state index in [0.29, 0.717) is 30.5 Å². The lowest BCUT2D eigenvalue weighted by atomic mass is 10.0. The summed E-state index contributed by atoms with van der Waals surface area (Å²) < 4.78 is 0. The van der Waals surface area contributed by atoms with Gasteiger partial charge in [-0.05, 0) is 84.8 Å². The second kappa shape index (κ2) is 25.3. The van der Waals surface area contributed by atoms with Gasteiger partial charge in [-0.25, -0.2) is 0 Å². The van der Waals surface area contributed by atoms with Gasteiger partial charge in [0.15, 0.2) is 0 Å². The van der Waals surface area contributed by atoms with E-state index in [2.05, 4.69) is 36.9 Å². The van der Waals surface area contributed by atoms with Crippen LogP contribution in [0.3, 0.4) is 0 Å². The normalized spacial score (nSPS) is 21.0. The van der Waals surface area contributed by atoms with Crippen molar-refractivity contribution >= 4 is 84.6 Å². The molecule has 6 rings (SSSR count). The molecule has 15 N–H and O–H groups in total. The van der Waals surface area contributed by atoms with E-state index in [1.807, 2.05) is 66.7 Å². The van der Waals surface area contributed by atoms with Crippen LogP contribution in [0.2, 0.25) is 0 Å². The van der Waals surface area contributed by atoms with Crippen LogP contribution in [-0.2, 0) is 52.8 Å². The van der Waals surface area contributed by atoms with Crippen molar-refractivity contribution in [1.29, 1.82) is 0 Å². The maximum Gasteiger partial charge on any atom is 0.244 e. The number of aromatic hydroxyl groups is 1. The van der Waals surface area contributed by atoms with E-state index in [4.69, 9.17) is 17.2 Å². The number of phenolic OH excluding ortho intramolecular Hbond substituents is 1. The zero-order chi connectivity index (χ0) is 50.3. The van der Waals surface area contributed by atoms with Crippen LogP contribution in [-0.4, -0.2) is 123 Å². The maximum absolute atomic E-state index is 14.7. The first kappa shape index (κ1) is 52.7. The molecule has 0 bridgehead atoms. The summed E-state index contributed by atoms with van der Waals surface area (Å²) in [6.07, 6.45) is 1.22. The second-order valence-corrected chi connectivity index (χ2v) is 19.8. The predicted molar refractivity (Wildman–Crippen MR) is 270 cm³/mol. The van der Waals surface area contributed by atoms with Crippen LogP contribution in [0.15, 0.2) is 97.2 Å². The number of amides is 7. The van der Waals surface area contributed by atoms with Crippen molar-refractivity contribution < 1.29 is 43.8 Å². The minimum atomic E-state index is -1.52. The summed E-state index contributed by atoms with van der Waals surface area (Å²) >= 11 is 0. The number of aromatic nitrogens is 1. The molecule has 4 aromatic carbocycles. The van der Waals surface area contributed by atoms with Gasteiger partial charge in [-0.3, -0.25) is 33.6 Å². The zero-order valence-corrected chi connectivity index (χ0v) is 40.2. The van der Waals surface area contributed by atoms with Crippen molar-refractivity contribution in [2.75, 3.05) is 18.1 Å². The molecular weight excluding hydrogens is 937 g/mol. The third kappa shape index (κ3) is 14.7. The molecule has 70 heavy (non-hydrogen) atoms. The molecule has 0 aliphatic carbocycles. The first-order chi connectivity index (χ1) is 33.6. The van der Waals surface area contributed by atoms with Gasteiger partial charge >= 0.3 is 0 Å². The number of primary amides is 1. The van der Waals surface area contributed by atoms with E-state index < -0.39 is 89.7 Å². The Hall–Kier alpha value is -6.65. The number of hydrogen-bond acceptors (Lipinski definition) is 13. The zero-order valence-electron chi connectivity index (χ0n) is 38.5. The summed E-state index contributed by atoms with van der Waals surface area (Å²) in [7, 11) is 2.10. The minimum Gasteiger partial charge on any atom is -0.508 e. The standard InChI is InChI=1S/C49H60N10O9S2/c1-27(60)42(43(52)62)59-49(68)41-26-70-69-25-40(57-44(63)35(51)21-29-13-16-30-8-2-3-9-31(30)20-29)48(67)55-38(22-28-14-17-33(61)18-15-28)46(65)56-39(23-32-24-53-36-11-5-4-10-34(32)36)47(66)54-37(45(64)58-41)12-6-7-19-50/h2-5,8-11,13-18,20,24,27,35,37-42,53,60-61H,6-7,12,19,21-23,25-26,50-51H2,1H3,(H2,52,62)(H,54,66)(H,55,67)(H,56,65)(H,57,63)(H,58,64)(H,59,68)/t27-,35-,37+,38+,39-,40+,41+,42+/m1/s1. The quantitative estimate of drug-likeness (QED) is 0.0479. The number of fused-ring (bicyclic) bond motifs is 2. The third-order valence-electron chi connectivity index (χ3n) is 11.8. The predicted octanol–water partition coefficient (Wildman–Crippen LogP) is 0.681. The number of aromatic amines is 1. The molecule has 2 heterocycles. The average Bonchev–Trinajstić information content (AvgIpc) is 3.75. The topological polar surface area (TPSA) is 326 Å². The highest BCUT2D eigenvalue weighted by Crippen LogP contribution is 2.25. The van der Waals surface area contributed by atoms with Crippen LogP contribution in [0.25, 0.3) is 21.7 Å². The fraction of sp³-hybridized carbons (Fsp3) is 0.367. The molecule has 0 unspecified atom stereocenters. The summed E-state index contributed by atoms with van der Waals surface area (Å²) in [6.45, 7) is 1.55. The molecule has 1 fully saturated rings. The number of unbranched alkanes of at least 4 members (excludes halogenated alkanes) is 1. The molecule has 0 radical (unpaired) electrons. The molecule has 1 aromatic heterocycles. The van der Waals surface area contributed by atoms with Gasteiger partial charge in [0.1, 0.15) is 42.0 Å². The number of hydrogen-bond donors (Lipinski definition) is 12. The van der Waals surface area contributed by atoms with E-state index in [-0.39, 0.29) is 42.9 Å². The van der Waals surface area contributed by atoms with Gasteiger partial charge in [0, 0.05) is 41.4 Å². The van der Waals surface area contributed by atoms with Crippen LogP contribution in [0.5, 0.6) is 5.75 Å². The van der Waals surface area contributed by atoms with Gasteiger partial charge in [-0.15, -0.1) is 0 Å². The van der Waals surface area contributed by atoms with Gasteiger partial charge < -0.3 is 64.3 Å². The smallest absolute Gasteiger partial charge is 0.244 e. The third-order valence-corrected chi connectivity index (χ3v) is 14.3. The van der Waals surface area contributed by atoms with Crippen molar-refractivity contribution in [3.05, 3.63) is 114 Å². The number of H-pyrrole nitrogens is 1. The summed E-state index contributed by atoms with van der Waals surface area (Å²) in [5.41, 5.74) is 20.5. The van der Waals surface area contributed by atoms with Gasteiger partial charge in [0.2, 0.25) is 41.4 Å². The molecule has 7 amide bonds. The first-order valence-corrected chi connectivity index (χ1v) is 25.4. The van der Waals surface area contributed by atoms with Crippen LogP contribution < -0.4 is 49.1 Å². The Balaban J connectivity index is 1.36. The van der Waals surface area contributed by atoms with Crippen LogP contribution in [0.4, 0.5) is 0 Å². The maximum atomic E-state index is 14.7. The average molecular weight is 997 g/mol. The van der Waals surface area contributed by atoms with Crippen LogP contribution in [0, 0.1) is 0 Å². The van der Waals surface area contributed by atoms with Crippen molar-refractivity contribution in [3.63, 3.8) is 0 Å². The number of nitrogens with two attached hydrogens (primary N) is 3. The lowest BCUT2D eigenvalue weighted by molar-refractivity contribution is -0.135. The van der Waals surface area contributed by atoms with Crippen LogP contribution >= 0.6 is 21.6 Å². The molecule has 1 aliphatic rings. The Morgan fingerprint density at radius 2 is 1.39 bits per heavy atom. The highest BCUT2D eigenvalue weighted by molar-refractivity contribution is 8.76. The van der Waals surface area contributed by atoms with Gasteiger partial charge in [-0.2, -0.15) is 0 Å².